The zero-order valence-electron chi connectivity index (χ0n) is 12.6. The van der Waals surface area contributed by atoms with Gasteiger partial charge in [-0.2, -0.15) is 4.98 Å². The van der Waals surface area contributed by atoms with Crippen LogP contribution in [0.2, 0.25) is 0 Å². The summed E-state index contributed by atoms with van der Waals surface area (Å²) in [7, 11) is 0. The van der Waals surface area contributed by atoms with E-state index in [1.807, 2.05) is 13.0 Å². The maximum atomic E-state index is 5.95. The van der Waals surface area contributed by atoms with Gasteiger partial charge in [0.25, 0.3) is 0 Å². The molecule has 1 aliphatic rings. The van der Waals surface area contributed by atoms with E-state index in [0.29, 0.717) is 18.4 Å². The lowest BCUT2D eigenvalue weighted by atomic mass is 9.86. The molecule has 0 atom stereocenters. The van der Waals surface area contributed by atoms with Gasteiger partial charge in [0, 0.05) is 18.3 Å². The molecular formula is C15H26N4O. The maximum absolute atomic E-state index is 5.95. The van der Waals surface area contributed by atoms with Gasteiger partial charge < -0.3 is 15.8 Å². The molecule has 1 heterocycles. The fraction of sp³-hybridized carbons (Fsp3) is 0.733. The number of aryl methyl sites for hydroxylation is 1. The number of rotatable bonds is 7. The van der Waals surface area contributed by atoms with E-state index in [1.165, 1.54) is 25.7 Å². The Bertz CT molecular complexity index is 430. The van der Waals surface area contributed by atoms with Crippen molar-refractivity contribution in [3.05, 3.63) is 11.8 Å². The van der Waals surface area contributed by atoms with Crippen molar-refractivity contribution in [1.29, 1.82) is 0 Å². The first-order chi connectivity index (χ1) is 9.67. The van der Waals surface area contributed by atoms with Crippen LogP contribution in [0, 0.1) is 12.3 Å². The summed E-state index contributed by atoms with van der Waals surface area (Å²) in [5.41, 5.74) is 7.09. The van der Waals surface area contributed by atoms with Crippen molar-refractivity contribution in [3.63, 3.8) is 0 Å². The average molecular weight is 278 g/mol. The van der Waals surface area contributed by atoms with Gasteiger partial charge in [-0.15, -0.1) is 0 Å². The van der Waals surface area contributed by atoms with Crippen molar-refractivity contribution < 1.29 is 4.74 Å². The van der Waals surface area contributed by atoms with Crippen LogP contribution in [0.15, 0.2) is 6.07 Å². The Kier molecular flexibility index (Phi) is 5.17. The summed E-state index contributed by atoms with van der Waals surface area (Å²) in [5.74, 6) is 1.30. The second-order valence-electron chi connectivity index (χ2n) is 5.78. The molecule has 1 aromatic heterocycles. The van der Waals surface area contributed by atoms with Gasteiger partial charge in [0.2, 0.25) is 11.8 Å². The summed E-state index contributed by atoms with van der Waals surface area (Å²) in [6, 6.07) is 1.87. The van der Waals surface area contributed by atoms with E-state index in [9.17, 15) is 0 Å². The zero-order chi connectivity index (χ0) is 14.4. The first-order valence-electron chi connectivity index (χ1n) is 7.60. The number of anilines is 1. The van der Waals surface area contributed by atoms with Gasteiger partial charge in [0.05, 0.1) is 6.61 Å². The second kappa shape index (κ2) is 6.88. The van der Waals surface area contributed by atoms with Gasteiger partial charge >= 0.3 is 0 Å². The molecule has 5 nitrogen and oxygen atoms in total. The smallest absolute Gasteiger partial charge is 0.226 e. The normalized spacial score (nSPS) is 17.1. The van der Waals surface area contributed by atoms with Crippen LogP contribution in [-0.4, -0.2) is 29.7 Å². The van der Waals surface area contributed by atoms with Gasteiger partial charge in [-0.3, -0.25) is 0 Å². The molecule has 0 bridgehead atoms. The predicted octanol–water partition coefficient (Wildman–Crippen LogP) is 2.50. The van der Waals surface area contributed by atoms with Crippen LogP contribution >= 0.6 is 0 Å². The molecular weight excluding hydrogens is 252 g/mol. The van der Waals surface area contributed by atoms with Crippen molar-refractivity contribution in [2.75, 3.05) is 25.0 Å². The Labute approximate surface area is 121 Å². The number of nitrogens with zero attached hydrogens (tertiary/aromatic N) is 2. The molecule has 0 amide bonds. The Morgan fingerprint density at radius 1 is 1.35 bits per heavy atom. The van der Waals surface area contributed by atoms with Crippen molar-refractivity contribution in [1.82, 2.24) is 9.97 Å². The molecule has 1 fully saturated rings. The fourth-order valence-corrected chi connectivity index (χ4v) is 2.74. The van der Waals surface area contributed by atoms with Crippen LogP contribution in [0.25, 0.3) is 0 Å². The molecule has 0 spiro atoms. The zero-order valence-corrected chi connectivity index (χ0v) is 12.6. The summed E-state index contributed by atoms with van der Waals surface area (Å²) >= 11 is 0. The number of hydrogen-bond acceptors (Lipinski definition) is 5. The summed E-state index contributed by atoms with van der Waals surface area (Å²) in [5, 5.41) is 3.35. The summed E-state index contributed by atoms with van der Waals surface area (Å²) < 4.78 is 5.58. The van der Waals surface area contributed by atoms with Gasteiger partial charge in [-0.1, -0.05) is 19.8 Å². The molecule has 112 valence electrons. The highest BCUT2D eigenvalue weighted by atomic mass is 16.5. The molecule has 3 N–H and O–H groups in total. The Balaban J connectivity index is 1.99. The van der Waals surface area contributed by atoms with E-state index in [0.717, 1.165) is 25.2 Å². The number of ether oxygens (including phenoxy) is 1. The maximum Gasteiger partial charge on any atom is 0.226 e. The van der Waals surface area contributed by atoms with Crippen molar-refractivity contribution in [2.24, 2.45) is 11.1 Å². The lowest BCUT2D eigenvalue weighted by molar-refractivity contribution is 0.304. The van der Waals surface area contributed by atoms with Crippen LogP contribution in [0.3, 0.4) is 0 Å². The molecule has 1 saturated carbocycles. The first kappa shape index (κ1) is 15.0. The minimum atomic E-state index is 0.220. The number of nitrogens with one attached hydrogen (secondary N) is 1. The molecule has 2 rings (SSSR count). The fourth-order valence-electron chi connectivity index (χ4n) is 2.74. The molecule has 5 heteroatoms. The third kappa shape index (κ3) is 3.82. The largest absolute Gasteiger partial charge is 0.478 e. The highest BCUT2D eigenvalue weighted by Crippen LogP contribution is 2.37. The lowest BCUT2D eigenvalue weighted by Crippen LogP contribution is -2.35. The third-order valence-electron chi connectivity index (χ3n) is 4.00. The predicted molar refractivity (Wildman–Crippen MR) is 81.0 cm³/mol. The molecule has 0 aliphatic heterocycles. The molecule has 0 aromatic carbocycles. The van der Waals surface area contributed by atoms with Gasteiger partial charge in [-0.25, -0.2) is 4.98 Å². The van der Waals surface area contributed by atoms with Crippen LogP contribution in [-0.2, 0) is 0 Å². The summed E-state index contributed by atoms with van der Waals surface area (Å²) in [4.78, 5) is 8.84. The number of nitrogens with two attached hydrogens (primary N) is 1. The van der Waals surface area contributed by atoms with E-state index in [-0.39, 0.29) is 5.41 Å². The first-order valence-corrected chi connectivity index (χ1v) is 7.60. The quantitative estimate of drug-likeness (QED) is 0.801. The molecule has 0 radical (unpaired) electrons. The second-order valence-corrected chi connectivity index (χ2v) is 5.78. The summed E-state index contributed by atoms with van der Waals surface area (Å²) in [6.07, 6.45) is 5.92. The van der Waals surface area contributed by atoms with E-state index in [1.54, 1.807) is 0 Å². The number of aromatic nitrogens is 2. The molecule has 0 saturated heterocycles. The Hall–Kier alpha value is -1.36. The lowest BCUT2D eigenvalue weighted by Gasteiger charge is -2.27. The van der Waals surface area contributed by atoms with Crippen molar-refractivity contribution in [2.45, 2.75) is 46.0 Å². The minimum Gasteiger partial charge on any atom is -0.478 e. The van der Waals surface area contributed by atoms with E-state index in [2.05, 4.69) is 22.2 Å². The topological polar surface area (TPSA) is 73.1 Å². The molecule has 20 heavy (non-hydrogen) atoms. The summed E-state index contributed by atoms with van der Waals surface area (Å²) in [6.45, 7) is 6.30. The highest BCUT2D eigenvalue weighted by molar-refractivity contribution is 5.31. The van der Waals surface area contributed by atoms with Gasteiger partial charge in [0.1, 0.15) is 0 Å². The molecule has 1 aliphatic carbocycles. The van der Waals surface area contributed by atoms with Crippen LogP contribution in [0.1, 0.15) is 44.7 Å². The Morgan fingerprint density at radius 3 is 2.75 bits per heavy atom. The molecule has 1 aromatic rings. The highest BCUT2D eigenvalue weighted by Gasteiger charge is 2.32. The van der Waals surface area contributed by atoms with Crippen molar-refractivity contribution >= 4 is 5.95 Å². The average Bonchev–Trinajstić information content (AvgIpc) is 2.92. The van der Waals surface area contributed by atoms with Crippen LogP contribution < -0.4 is 15.8 Å². The third-order valence-corrected chi connectivity index (χ3v) is 4.00. The van der Waals surface area contributed by atoms with Gasteiger partial charge in [-0.05, 0) is 38.1 Å². The van der Waals surface area contributed by atoms with Crippen LogP contribution in [0.5, 0.6) is 5.88 Å². The van der Waals surface area contributed by atoms with E-state index < -0.39 is 0 Å². The monoisotopic (exact) mass is 278 g/mol. The van der Waals surface area contributed by atoms with Crippen LogP contribution in [0.4, 0.5) is 5.95 Å². The Morgan fingerprint density at radius 2 is 2.10 bits per heavy atom. The number of hydrogen-bond donors (Lipinski definition) is 2. The van der Waals surface area contributed by atoms with E-state index in [4.69, 9.17) is 10.5 Å². The standard InChI is InChI=1S/C15H26N4O/c1-3-8-20-13-9-12(2)18-14(19-13)17-11-15(10-16)6-4-5-7-15/h9H,3-8,10-11,16H2,1-2H3,(H,17,18,19). The van der Waals surface area contributed by atoms with Crippen molar-refractivity contribution in [3.8, 4) is 5.88 Å². The van der Waals surface area contributed by atoms with Gasteiger partial charge in [0.15, 0.2) is 0 Å². The van der Waals surface area contributed by atoms with E-state index >= 15 is 0 Å². The molecule has 0 unspecified atom stereocenters. The minimum absolute atomic E-state index is 0.220. The SMILES string of the molecule is CCCOc1cc(C)nc(NCC2(CN)CCCC2)n1.